The molecule has 4 rings (SSSR count). The van der Waals surface area contributed by atoms with Crippen LogP contribution in [0.4, 0.5) is 0 Å². The number of fused-ring (bicyclic) bond motifs is 2. The van der Waals surface area contributed by atoms with Crippen molar-refractivity contribution >= 4 is 11.8 Å². The summed E-state index contributed by atoms with van der Waals surface area (Å²) < 4.78 is 0. The Bertz CT molecular complexity index is 861. The molecule has 2 amide bonds. The smallest absolute Gasteiger partial charge is 0.222 e. The van der Waals surface area contributed by atoms with E-state index in [0.29, 0.717) is 13.0 Å². The van der Waals surface area contributed by atoms with Crippen molar-refractivity contribution in [2.24, 2.45) is 0 Å². The van der Waals surface area contributed by atoms with E-state index in [0.717, 1.165) is 31.2 Å². The predicted molar refractivity (Wildman–Crippen MR) is 105 cm³/mol. The number of nitrogens with zero attached hydrogens (tertiary/aromatic N) is 1. The Morgan fingerprint density at radius 1 is 1.00 bits per heavy atom. The van der Waals surface area contributed by atoms with Crippen molar-refractivity contribution in [1.29, 1.82) is 0 Å². The van der Waals surface area contributed by atoms with E-state index in [-0.39, 0.29) is 23.9 Å². The maximum Gasteiger partial charge on any atom is 0.222 e. The summed E-state index contributed by atoms with van der Waals surface area (Å²) >= 11 is 0. The topological polar surface area (TPSA) is 49.4 Å². The molecule has 0 radical (unpaired) electrons. The number of nitrogens with one attached hydrogen (secondary N) is 1. The van der Waals surface area contributed by atoms with Crippen LogP contribution in [-0.4, -0.2) is 23.3 Å². The number of hydrogen-bond acceptors (Lipinski definition) is 2. The molecule has 0 aromatic heterocycles. The van der Waals surface area contributed by atoms with E-state index in [9.17, 15) is 9.59 Å². The molecule has 1 aliphatic carbocycles. The lowest BCUT2D eigenvalue weighted by molar-refractivity contribution is -0.133. The summed E-state index contributed by atoms with van der Waals surface area (Å²) in [6.07, 6.45) is 4.31. The minimum atomic E-state index is -0.175. The van der Waals surface area contributed by atoms with E-state index in [2.05, 4.69) is 35.6 Å². The van der Waals surface area contributed by atoms with E-state index in [1.807, 2.05) is 23.1 Å². The zero-order valence-corrected chi connectivity index (χ0v) is 15.8. The van der Waals surface area contributed by atoms with Gasteiger partial charge in [-0.05, 0) is 47.9 Å². The second-order valence-electron chi connectivity index (χ2n) is 7.59. The Morgan fingerprint density at radius 3 is 2.41 bits per heavy atom. The minimum absolute atomic E-state index is 0.0182. The molecule has 1 aliphatic heterocycles. The third-order valence-electron chi connectivity index (χ3n) is 5.90. The monoisotopic (exact) mass is 362 g/mol. The molecule has 0 saturated heterocycles. The lowest BCUT2D eigenvalue weighted by atomic mass is 9.87. The van der Waals surface area contributed by atoms with Crippen molar-refractivity contribution in [2.45, 2.75) is 51.1 Å². The molecule has 2 aliphatic rings. The number of aryl methyl sites for hydroxylation is 1. The first-order valence-electron chi connectivity index (χ1n) is 9.85. The van der Waals surface area contributed by atoms with Crippen molar-refractivity contribution in [1.82, 2.24) is 10.2 Å². The number of rotatable bonds is 3. The van der Waals surface area contributed by atoms with Crippen LogP contribution in [0.5, 0.6) is 0 Å². The van der Waals surface area contributed by atoms with Gasteiger partial charge in [0.15, 0.2) is 0 Å². The fourth-order valence-corrected chi connectivity index (χ4v) is 4.58. The van der Waals surface area contributed by atoms with Crippen LogP contribution in [0.1, 0.15) is 60.5 Å². The Labute approximate surface area is 160 Å². The molecule has 0 fully saturated rings. The van der Waals surface area contributed by atoms with Gasteiger partial charge < -0.3 is 10.2 Å². The maximum absolute atomic E-state index is 12.9. The minimum Gasteiger partial charge on any atom is -0.349 e. The fourth-order valence-electron chi connectivity index (χ4n) is 4.58. The first-order chi connectivity index (χ1) is 13.1. The largest absolute Gasteiger partial charge is 0.349 e. The van der Waals surface area contributed by atoms with Crippen LogP contribution in [0.3, 0.4) is 0 Å². The van der Waals surface area contributed by atoms with Gasteiger partial charge in [-0.15, -0.1) is 0 Å². The molecule has 4 heteroatoms. The summed E-state index contributed by atoms with van der Waals surface area (Å²) in [4.78, 5) is 26.9. The molecule has 4 nitrogen and oxygen atoms in total. The molecule has 1 heterocycles. The van der Waals surface area contributed by atoms with Gasteiger partial charge >= 0.3 is 0 Å². The van der Waals surface area contributed by atoms with E-state index >= 15 is 0 Å². The number of hydrogen-bond donors (Lipinski definition) is 1. The van der Waals surface area contributed by atoms with Gasteiger partial charge in [-0.1, -0.05) is 48.5 Å². The Balaban J connectivity index is 1.53. The average Bonchev–Trinajstić information content (AvgIpc) is 2.68. The van der Waals surface area contributed by atoms with Gasteiger partial charge in [-0.25, -0.2) is 0 Å². The molecule has 2 atom stereocenters. The SMILES string of the molecule is CC(=O)N1CCc2ccccc2C1CC(=O)NC1CCCc2ccccc21. The van der Waals surface area contributed by atoms with Gasteiger partial charge in [0.2, 0.25) is 11.8 Å². The highest BCUT2D eigenvalue weighted by Crippen LogP contribution is 2.33. The predicted octanol–water partition coefficient (Wildman–Crippen LogP) is 3.72. The van der Waals surface area contributed by atoms with Crippen LogP contribution in [0.25, 0.3) is 0 Å². The van der Waals surface area contributed by atoms with Gasteiger partial charge in [0.05, 0.1) is 18.5 Å². The second kappa shape index (κ2) is 7.55. The molecule has 0 bridgehead atoms. The molecule has 2 aromatic rings. The van der Waals surface area contributed by atoms with Crippen molar-refractivity contribution in [3.8, 4) is 0 Å². The first kappa shape index (κ1) is 17.8. The number of amides is 2. The third-order valence-corrected chi connectivity index (χ3v) is 5.90. The molecular formula is C23H26N2O2. The highest BCUT2D eigenvalue weighted by Gasteiger charge is 2.31. The van der Waals surface area contributed by atoms with Crippen LogP contribution < -0.4 is 5.32 Å². The Kier molecular flexibility index (Phi) is 4.97. The van der Waals surface area contributed by atoms with E-state index in [1.54, 1.807) is 6.92 Å². The van der Waals surface area contributed by atoms with Crippen molar-refractivity contribution in [3.05, 3.63) is 70.8 Å². The van der Waals surface area contributed by atoms with Gasteiger partial charge in [-0.2, -0.15) is 0 Å². The van der Waals surface area contributed by atoms with Crippen molar-refractivity contribution in [2.75, 3.05) is 6.54 Å². The van der Waals surface area contributed by atoms with Gasteiger partial charge in [0, 0.05) is 13.5 Å². The Hall–Kier alpha value is -2.62. The quantitative estimate of drug-likeness (QED) is 0.905. The van der Waals surface area contributed by atoms with E-state index in [4.69, 9.17) is 0 Å². The van der Waals surface area contributed by atoms with Gasteiger partial charge in [0.25, 0.3) is 0 Å². The molecule has 1 N–H and O–H groups in total. The first-order valence-corrected chi connectivity index (χ1v) is 9.85. The zero-order valence-electron chi connectivity index (χ0n) is 15.8. The zero-order chi connectivity index (χ0) is 18.8. The summed E-state index contributed by atoms with van der Waals surface area (Å²) in [6.45, 7) is 2.27. The second-order valence-corrected chi connectivity index (χ2v) is 7.59. The summed E-state index contributed by atoms with van der Waals surface area (Å²) in [6, 6.07) is 16.5. The molecule has 0 saturated carbocycles. The van der Waals surface area contributed by atoms with Gasteiger partial charge in [-0.3, -0.25) is 9.59 Å². The van der Waals surface area contributed by atoms with Crippen LogP contribution in [0, 0.1) is 0 Å². The summed E-state index contributed by atoms with van der Waals surface area (Å²) in [7, 11) is 0. The van der Waals surface area contributed by atoms with Crippen LogP contribution in [-0.2, 0) is 22.4 Å². The lowest BCUT2D eigenvalue weighted by Crippen LogP contribution is -2.41. The number of benzene rings is 2. The van der Waals surface area contributed by atoms with E-state index < -0.39 is 0 Å². The summed E-state index contributed by atoms with van der Waals surface area (Å²) in [5.74, 6) is 0.0509. The summed E-state index contributed by atoms with van der Waals surface area (Å²) in [5, 5.41) is 3.24. The molecule has 0 spiro atoms. The molecular weight excluding hydrogens is 336 g/mol. The standard InChI is InChI=1S/C23H26N2O2/c1-16(26)25-14-13-18-8-3-5-11-20(18)22(25)15-23(27)24-21-12-6-9-17-7-2-4-10-19(17)21/h2-5,7-8,10-11,21-22H,6,9,12-15H2,1H3,(H,24,27). The van der Waals surface area contributed by atoms with Crippen LogP contribution in [0.15, 0.2) is 48.5 Å². The Morgan fingerprint density at radius 2 is 1.67 bits per heavy atom. The van der Waals surface area contributed by atoms with Crippen LogP contribution in [0.2, 0.25) is 0 Å². The molecule has 2 aromatic carbocycles. The molecule has 2 unspecified atom stereocenters. The highest BCUT2D eigenvalue weighted by atomic mass is 16.2. The van der Waals surface area contributed by atoms with Crippen molar-refractivity contribution < 1.29 is 9.59 Å². The van der Waals surface area contributed by atoms with Crippen molar-refractivity contribution in [3.63, 3.8) is 0 Å². The number of carbonyl (C=O) groups excluding carboxylic acids is 2. The van der Waals surface area contributed by atoms with E-state index in [1.165, 1.54) is 16.7 Å². The molecule has 140 valence electrons. The normalized spacial score (nSPS) is 21.1. The highest BCUT2D eigenvalue weighted by molar-refractivity contribution is 5.80. The molecule has 27 heavy (non-hydrogen) atoms. The fraction of sp³-hybridized carbons (Fsp3) is 0.391. The maximum atomic E-state index is 12.9. The lowest BCUT2D eigenvalue weighted by Gasteiger charge is -2.37. The van der Waals surface area contributed by atoms with Crippen LogP contribution >= 0.6 is 0 Å². The average molecular weight is 362 g/mol. The van der Waals surface area contributed by atoms with Gasteiger partial charge in [0.1, 0.15) is 0 Å². The third kappa shape index (κ3) is 3.61. The number of carbonyl (C=O) groups is 2. The summed E-state index contributed by atoms with van der Waals surface area (Å²) in [5.41, 5.74) is 4.93.